The van der Waals surface area contributed by atoms with Gasteiger partial charge in [-0.05, 0) is 31.5 Å². The second-order valence-electron chi connectivity index (χ2n) is 5.46. The molecule has 3 heteroatoms. The van der Waals surface area contributed by atoms with Gasteiger partial charge < -0.3 is 9.64 Å². The van der Waals surface area contributed by atoms with Crippen LogP contribution in [-0.4, -0.2) is 11.5 Å². The van der Waals surface area contributed by atoms with Crippen molar-refractivity contribution < 1.29 is 9.53 Å². The lowest BCUT2D eigenvalue weighted by molar-refractivity contribution is -0.132. The summed E-state index contributed by atoms with van der Waals surface area (Å²) in [5.41, 5.74) is 1.11. The Morgan fingerprint density at radius 2 is 1.65 bits per heavy atom. The molecule has 3 rings (SSSR count). The molecule has 1 amide bonds. The van der Waals surface area contributed by atoms with E-state index in [1.54, 1.807) is 4.90 Å². The van der Waals surface area contributed by atoms with Crippen LogP contribution in [0.4, 0.5) is 5.69 Å². The molecule has 0 bridgehead atoms. The van der Waals surface area contributed by atoms with Crippen LogP contribution in [0.15, 0.2) is 54.6 Å². The van der Waals surface area contributed by atoms with E-state index in [2.05, 4.69) is 0 Å². The van der Waals surface area contributed by atoms with E-state index in [1.807, 2.05) is 68.4 Å². The topological polar surface area (TPSA) is 29.5 Å². The molecular formula is C17H17NO2. The SMILES string of the molecule is CC1(C)Oc2ccccc2N(Cc2ccccc2)C1=O. The highest BCUT2D eigenvalue weighted by atomic mass is 16.5. The minimum absolute atomic E-state index is 0.0138. The highest BCUT2D eigenvalue weighted by Gasteiger charge is 2.40. The van der Waals surface area contributed by atoms with Crippen LogP contribution in [0.25, 0.3) is 0 Å². The van der Waals surface area contributed by atoms with Gasteiger partial charge in [0, 0.05) is 0 Å². The van der Waals surface area contributed by atoms with Crippen molar-refractivity contribution in [2.75, 3.05) is 4.90 Å². The van der Waals surface area contributed by atoms with Crippen molar-refractivity contribution in [3.63, 3.8) is 0 Å². The van der Waals surface area contributed by atoms with E-state index in [4.69, 9.17) is 4.74 Å². The van der Waals surface area contributed by atoms with Crippen molar-refractivity contribution in [3.05, 3.63) is 60.2 Å². The number of ether oxygens (including phenoxy) is 1. The molecule has 0 atom stereocenters. The van der Waals surface area contributed by atoms with Gasteiger partial charge in [0.25, 0.3) is 5.91 Å². The Labute approximate surface area is 118 Å². The quantitative estimate of drug-likeness (QED) is 0.834. The molecule has 1 aliphatic rings. The molecule has 2 aromatic carbocycles. The largest absolute Gasteiger partial charge is 0.476 e. The van der Waals surface area contributed by atoms with Gasteiger partial charge in [0.1, 0.15) is 5.75 Å². The Balaban J connectivity index is 2.02. The maximum atomic E-state index is 12.6. The number of carbonyl (C=O) groups excluding carboxylic acids is 1. The lowest BCUT2D eigenvalue weighted by atomic mass is 10.0. The molecule has 1 heterocycles. The zero-order chi connectivity index (χ0) is 14.2. The molecule has 0 aromatic heterocycles. The molecule has 0 fully saturated rings. The van der Waals surface area contributed by atoms with Crippen LogP contribution in [-0.2, 0) is 11.3 Å². The van der Waals surface area contributed by atoms with Crippen LogP contribution >= 0.6 is 0 Å². The van der Waals surface area contributed by atoms with Crippen molar-refractivity contribution in [1.29, 1.82) is 0 Å². The average molecular weight is 267 g/mol. The van der Waals surface area contributed by atoms with E-state index >= 15 is 0 Å². The summed E-state index contributed by atoms with van der Waals surface area (Å²) in [6.07, 6.45) is 0. The zero-order valence-corrected chi connectivity index (χ0v) is 11.7. The lowest BCUT2D eigenvalue weighted by Crippen LogP contribution is -2.52. The first kappa shape index (κ1) is 12.7. The predicted octanol–water partition coefficient (Wildman–Crippen LogP) is 3.39. The van der Waals surface area contributed by atoms with E-state index in [1.165, 1.54) is 0 Å². The number of carbonyl (C=O) groups is 1. The first-order valence-electron chi connectivity index (χ1n) is 6.72. The van der Waals surface area contributed by atoms with E-state index in [-0.39, 0.29) is 5.91 Å². The van der Waals surface area contributed by atoms with Gasteiger partial charge in [-0.25, -0.2) is 0 Å². The third-order valence-electron chi connectivity index (χ3n) is 3.46. The smallest absolute Gasteiger partial charge is 0.271 e. The van der Waals surface area contributed by atoms with E-state index in [0.29, 0.717) is 6.54 Å². The van der Waals surface area contributed by atoms with Crippen LogP contribution < -0.4 is 9.64 Å². The van der Waals surface area contributed by atoms with Gasteiger partial charge in [-0.3, -0.25) is 4.79 Å². The van der Waals surface area contributed by atoms with Gasteiger partial charge in [0.2, 0.25) is 0 Å². The Bertz CT molecular complexity index is 634. The summed E-state index contributed by atoms with van der Waals surface area (Å²) in [5, 5.41) is 0. The number of hydrogen-bond acceptors (Lipinski definition) is 2. The summed E-state index contributed by atoms with van der Waals surface area (Å²) >= 11 is 0. The highest BCUT2D eigenvalue weighted by molar-refractivity contribution is 6.02. The summed E-state index contributed by atoms with van der Waals surface area (Å²) in [5.74, 6) is 0.744. The fourth-order valence-corrected chi connectivity index (χ4v) is 2.44. The summed E-state index contributed by atoms with van der Waals surface area (Å²) in [6, 6.07) is 17.7. The van der Waals surface area contributed by atoms with Crippen LogP contribution in [0.2, 0.25) is 0 Å². The molecule has 20 heavy (non-hydrogen) atoms. The minimum atomic E-state index is -0.830. The molecular weight excluding hydrogens is 250 g/mol. The average Bonchev–Trinajstić information content (AvgIpc) is 2.44. The zero-order valence-electron chi connectivity index (χ0n) is 11.7. The van der Waals surface area contributed by atoms with Crippen LogP contribution in [0.1, 0.15) is 19.4 Å². The fraction of sp³-hybridized carbons (Fsp3) is 0.235. The maximum Gasteiger partial charge on any atom is 0.271 e. The summed E-state index contributed by atoms with van der Waals surface area (Å²) in [6.45, 7) is 4.18. The number of para-hydroxylation sites is 2. The number of amides is 1. The third-order valence-corrected chi connectivity index (χ3v) is 3.46. The normalized spacial score (nSPS) is 16.5. The van der Waals surface area contributed by atoms with Gasteiger partial charge in [-0.15, -0.1) is 0 Å². The number of anilines is 1. The Morgan fingerprint density at radius 3 is 2.40 bits per heavy atom. The van der Waals surface area contributed by atoms with Crippen molar-refractivity contribution >= 4 is 11.6 Å². The number of nitrogens with zero attached hydrogens (tertiary/aromatic N) is 1. The van der Waals surface area contributed by atoms with E-state index in [9.17, 15) is 4.79 Å². The number of fused-ring (bicyclic) bond motifs is 1. The molecule has 0 saturated heterocycles. The molecule has 3 nitrogen and oxygen atoms in total. The molecule has 0 spiro atoms. The van der Waals surface area contributed by atoms with E-state index < -0.39 is 5.60 Å². The molecule has 2 aromatic rings. The Hall–Kier alpha value is -2.29. The minimum Gasteiger partial charge on any atom is -0.476 e. The number of benzene rings is 2. The monoisotopic (exact) mass is 267 g/mol. The second-order valence-corrected chi connectivity index (χ2v) is 5.46. The summed E-state index contributed by atoms with van der Waals surface area (Å²) in [7, 11) is 0. The molecule has 0 saturated carbocycles. The fourth-order valence-electron chi connectivity index (χ4n) is 2.44. The van der Waals surface area contributed by atoms with Gasteiger partial charge in [-0.2, -0.15) is 0 Å². The number of hydrogen-bond donors (Lipinski definition) is 0. The van der Waals surface area contributed by atoms with Crippen molar-refractivity contribution in [2.24, 2.45) is 0 Å². The van der Waals surface area contributed by atoms with Gasteiger partial charge in [0.15, 0.2) is 5.60 Å². The first-order chi connectivity index (χ1) is 9.58. The van der Waals surface area contributed by atoms with E-state index in [0.717, 1.165) is 17.0 Å². The number of rotatable bonds is 2. The molecule has 0 aliphatic carbocycles. The molecule has 102 valence electrons. The Kier molecular flexibility index (Phi) is 2.97. The predicted molar refractivity (Wildman–Crippen MR) is 78.8 cm³/mol. The summed E-state index contributed by atoms with van der Waals surface area (Å²) < 4.78 is 5.81. The van der Waals surface area contributed by atoms with Crippen LogP contribution in [0.5, 0.6) is 5.75 Å². The van der Waals surface area contributed by atoms with Crippen molar-refractivity contribution in [3.8, 4) is 5.75 Å². The third kappa shape index (κ3) is 2.16. The van der Waals surface area contributed by atoms with Crippen molar-refractivity contribution in [2.45, 2.75) is 26.0 Å². The molecule has 0 N–H and O–H groups in total. The molecule has 0 radical (unpaired) electrons. The van der Waals surface area contributed by atoms with Crippen LogP contribution in [0, 0.1) is 0 Å². The van der Waals surface area contributed by atoms with Crippen molar-refractivity contribution in [1.82, 2.24) is 0 Å². The van der Waals surface area contributed by atoms with Crippen LogP contribution in [0.3, 0.4) is 0 Å². The highest BCUT2D eigenvalue weighted by Crippen LogP contribution is 2.38. The van der Waals surface area contributed by atoms with Gasteiger partial charge in [-0.1, -0.05) is 42.5 Å². The second kappa shape index (κ2) is 4.67. The first-order valence-corrected chi connectivity index (χ1v) is 6.72. The Morgan fingerprint density at radius 1 is 1.00 bits per heavy atom. The lowest BCUT2D eigenvalue weighted by Gasteiger charge is -2.38. The van der Waals surface area contributed by atoms with Gasteiger partial charge >= 0.3 is 0 Å². The molecule has 1 aliphatic heterocycles. The molecule has 0 unspecified atom stereocenters. The van der Waals surface area contributed by atoms with Gasteiger partial charge in [0.05, 0.1) is 12.2 Å². The standard InChI is InChI=1S/C17H17NO2/c1-17(2)16(19)18(12-13-8-4-3-5-9-13)14-10-6-7-11-15(14)20-17/h3-11H,12H2,1-2H3. The summed E-state index contributed by atoms with van der Waals surface area (Å²) in [4.78, 5) is 14.4. The maximum absolute atomic E-state index is 12.6.